The Kier molecular flexibility index (Phi) is 3.46. The van der Waals surface area contributed by atoms with E-state index < -0.39 is 4.92 Å². The predicted octanol–water partition coefficient (Wildman–Crippen LogP) is 1.14. The number of Topliss-reactive ketones (excluding diaryl/α,β-unsaturated/α-hetero) is 1. The van der Waals surface area contributed by atoms with Crippen molar-refractivity contribution in [2.75, 3.05) is 26.7 Å². The monoisotopic (exact) mass is 263 g/mol. The second-order valence-electron chi connectivity index (χ2n) is 4.35. The van der Waals surface area contributed by atoms with Gasteiger partial charge in [0.15, 0.2) is 5.78 Å². The number of benzene rings is 1. The number of non-ortho nitro benzene ring substituents is 1. The summed E-state index contributed by atoms with van der Waals surface area (Å²) in [6.07, 6.45) is 0. The maximum Gasteiger partial charge on any atom is 0.320 e. The van der Waals surface area contributed by atoms with E-state index in [9.17, 15) is 19.7 Å². The molecule has 2 rings (SSSR count). The highest BCUT2D eigenvalue weighted by molar-refractivity contribution is 5.99. The molecule has 0 saturated carbocycles. The fourth-order valence-corrected chi connectivity index (χ4v) is 1.88. The number of hydrogen-bond acceptors (Lipinski definition) is 4. The molecule has 7 nitrogen and oxygen atoms in total. The molecule has 1 saturated heterocycles. The van der Waals surface area contributed by atoms with Crippen LogP contribution in [0.25, 0.3) is 0 Å². The highest BCUT2D eigenvalue weighted by Crippen LogP contribution is 2.14. The third-order valence-corrected chi connectivity index (χ3v) is 3.04. The van der Waals surface area contributed by atoms with Crippen molar-refractivity contribution >= 4 is 17.5 Å². The molecule has 1 aromatic carbocycles. The van der Waals surface area contributed by atoms with E-state index >= 15 is 0 Å². The number of amides is 2. The van der Waals surface area contributed by atoms with Gasteiger partial charge >= 0.3 is 6.03 Å². The minimum atomic E-state index is -0.521. The molecular weight excluding hydrogens is 250 g/mol. The fourth-order valence-electron chi connectivity index (χ4n) is 1.88. The van der Waals surface area contributed by atoms with Crippen LogP contribution in [0.3, 0.4) is 0 Å². The lowest BCUT2D eigenvalue weighted by Crippen LogP contribution is -2.33. The van der Waals surface area contributed by atoms with Crippen LogP contribution in [0, 0.1) is 10.1 Å². The summed E-state index contributed by atoms with van der Waals surface area (Å²) in [5.41, 5.74) is 0.307. The molecule has 2 amide bonds. The van der Waals surface area contributed by atoms with Gasteiger partial charge in [0.25, 0.3) is 5.69 Å². The van der Waals surface area contributed by atoms with Crippen molar-refractivity contribution in [3.63, 3.8) is 0 Å². The molecule has 0 aliphatic carbocycles. The van der Waals surface area contributed by atoms with Gasteiger partial charge in [0.2, 0.25) is 0 Å². The topological polar surface area (TPSA) is 83.8 Å². The Balaban J connectivity index is 2.04. The van der Waals surface area contributed by atoms with Gasteiger partial charge in [-0.1, -0.05) is 0 Å². The van der Waals surface area contributed by atoms with Crippen LogP contribution in [-0.2, 0) is 0 Å². The fraction of sp³-hybridized carbons (Fsp3) is 0.333. The maximum absolute atomic E-state index is 12.0. The first kappa shape index (κ1) is 13.0. The molecule has 1 heterocycles. The van der Waals surface area contributed by atoms with E-state index in [-0.39, 0.29) is 24.0 Å². The number of nitro groups is 1. The van der Waals surface area contributed by atoms with Crippen molar-refractivity contribution in [2.24, 2.45) is 0 Å². The molecule has 7 heteroatoms. The Hall–Kier alpha value is -2.44. The average molecular weight is 263 g/mol. The van der Waals surface area contributed by atoms with Gasteiger partial charge in [-0.2, -0.15) is 0 Å². The number of carbonyl (C=O) groups is 2. The van der Waals surface area contributed by atoms with Gasteiger partial charge in [0.05, 0.1) is 11.5 Å². The molecule has 0 radical (unpaired) electrons. The van der Waals surface area contributed by atoms with Gasteiger partial charge in [-0.05, 0) is 12.1 Å². The van der Waals surface area contributed by atoms with Crippen molar-refractivity contribution in [1.29, 1.82) is 0 Å². The minimum Gasteiger partial charge on any atom is -0.326 e. The highest BCUT2D eigenvalue weighted by atomic mass is 16.6. The van der Waals surface area contributed by atoms with Crippen molar-refractivity contribution < 1.29 is 14.5 Å². The Bertz CT molecular complexity index is 526. The summed E-state index contributed by atoms with van der Waals surface area (Å²) in [4.78, 5) is 36.6. The van der Waals surface area contributed by atoms with Crippen LogP contribution in [0.5, 0.6) is 0 Å². The van der Waals surface area contributed by atoms with Crippen LogP contribution in [-0.4, -0.2) is 53.2 Å². The molecule has 0 spiro atoms. The second kappa shape index (κ2) is 5.05. The van der Waals surface area contributed by atoms with Crippen LogP contribution in [0.2, 0.25) is 0 Å². The van der Waals surface area contributed by atoms with Crippen LogP contribution in [0.1, 0.15) is 10.4 Å². The molecule has 0 N–H and O–H groups in total. The van der Waals surface area contributed by atoms with E-state index in [1.165, 1.54) is 29.2 Å². The zero-order chi connectivity index (χ0) is 14.0. The lowest BCUT2D eigenvalue weighted by molar-refractivity contribution is -0.384. The molecule has 100 valence electrons. The summed E-state index contributed by atoms with van der Waals surface area (Å²) in [6, 6.07) is 5.21. The third kappa shape index (κ3) is 2.70. The van der Waals surface area contributed by atoms with E-state index in [4.69, 9.17) is 0 Å². The van der Waals surface area contributed by atoms with E-state index in [2.05, 4.69) is 0 Å². The first-order valence-electron chi connectivity index (χ1n) is 5.77. The summed E-state index contributed by atoms with van der Waals surface area (Å²) in [5.74, 6) is -0.224. The van der Waals surface area contributed by atoms with Crippen molar-refractivity contribution in [2.45, 2.75) is 0 Å². The van der Waals surface area contributed by atoms with Crippen molar-refractivity contribution in [3.8, 4) is 0 Å². The number of ketones is 1. The number of nitrogens with zero attached hydrogens (tertiary/aromatic N) is 3. The number of hydrogen-bond donors (Lipinski definition) is 0. The molecule has 0 bridgehead atoms. The predicted molar refractivity (Wildman–Crippen MR) is 67.0 cm³/mol. The summed E-state index contributed by atoms with van der Waals surface area (Å²) < 4.78 is 0. The summed E-state index contributed by atoms with van der Waals surface area (Å²) in [5, 5.41) is 10.5. The van der Waals surface area contributed by atoms with Crippen LogP contribution in [0.4, 0.5) is 10.5 Å². The van der Waals surface area contributed by atoms with E-state index in [0.29, 0.717) is 18.7 Å². The summed E-state index contributed by atoms with van der Waals surface area (Å²) in [7, 11) is 1.68. The Morgan fingerprint density at radius 2 is 1.95 bits per heavy atom. The minimum absolute atomic E-state index is 0.000976. The highest BCUT2D eigenvalue weighted by Gasteiger charge is 2.27. The van der Waals surface area contributed by atoms with E-state index in [0.717, 1.165) is 0 Å². The molecule has 1 aliphatic heterocycles. The van der Waals surface area contributed by atoms with Gasteiger partial charge in [0, 0.05) is 37.8 Å². The lowest BCUT2D eigenvalue weighted by Gasteiger charge is -2.14. The summed E-state index contributed by atoms with van der Waals surface area (Å²) >= 11 is 0. The number of likely N-dealkylation sites (N-methyl/N-ethyl adjacent to an activating group) is 1. The van der Waals surface area contributed by atoms with Crippen LogP contribution < -0.4 is 0 Å². The van der Waals surface area contributed by atoms with Crippen molar-refractivity contribution in [3.05, 3.63) is 39.9 Å². The number of carbonyl (C=O) groups excluding carboxylic acids is 2. The van der Waals surface area contributed by atoms with E-state index in [1.807, 2.05) is 0 Å². The van der Waals surface area contributed by atoms with Gasteiger partial charge < -0.3 is 9.80 Å². The van der Waals surface area contributed by atoms with Gasteiger partial charge in [-0.3, -0.25) is 14.9 Å². The Morgan fingerprint density at radius 1 is 1.32 bits per heavy atom. The molecule has 1 fully saturated rings. The summed E-state index contributed by atoms with van der Waals surface area (Å²) in [6.45, 7) is 1.13. The standard InChI is InChI=1S/C12H13N3O4/c1-13-6-7-14(12(13)17)8-11(16)9-2-4-10(5-3-9)15(18)19/h2-5H,6-8H2,1H3. The first-order chi connectivity index (χ1) is 8.99. The number of urea groups is 1. The number of rotatable bonds is 4. The van der Waals surface area contributed by atoms with E-state index in [1.54, 1.807) is 11.9 Å². The molecule has 19 heavy (non-hydrogen) atoms. The third-order valence-electron chi connectivity index (χ3n) is 3.04. The van der Waals surface area contributed by atoms with Crippen LogP contribution >= 0.6 is 0 Å². The van der Waals surface area contributed by atoms with Gasteiger partial charge in [-0.15, -0.1) is 0 Å². The molecule has 1 aliphatic rings. The smallest absolute Gasteiger partial charge is 0.320 e. The quantitative estimate of drug-likeness (QED) is 0.463. The molecule has 0 unspecified atom stereocenters. The molecule has 1 aromatic rings. The lowest BCUT2D eigenvalue weighted by atomic mass is 10.1. The Morgan fingerprint density at radius 3 is 2.42 bits per heavy atom. The second-order valence-corrected chi connectivity index (χ2v) is 4.35. The zero-order valence-electron chi connectivity index (χ0n) is 10.4. The molecule has 0 aromatic heterocycles. The normalized spacial score (nSPS) is 14.9. The molecular formula is C12H13N3O4. The largest absolute Gasteiger partial charge is 0.326 e. The van der Waals surface area contributed by atoms with Crippen molar-refractivity contribution in [1.82, 2.24) is 9.80 Å². The van der Waals surface area contributed by atoms with Gasteiger partial charge in [0.1, 0.15) is 0 Å². The van der Waals surface area contributed by atoms with Gasteiger partial charge in [-0.25, -0.2) is 4.79 Å². The zero-order valence-corrected chi connectivity index (χ0v) is 10.4. The Labute approximate surface area is 109 Å². The van der Waals surface area contributed by atoms with Crippen LogP contribution in [0.15, 0.2) is 24.3 Å². The SMILES string of the molecule is CN1CCN(CC(=O)c2ccc([N+](=O)[O-])cc2)C1=O. The first-order valence-corrected chi connectivity index (χ1v) is 5.77. The maximum atomic E-state index is 12.0. The molecule has 0 atom stereocenters. The average Bonchev–Trinajstić information content (AvgIpc) is 2.71. The number of nitro benzene ring substituents is 1.